The summed E-state index contributed by atoms with van der Waals surface area (Å²) in [5.74, 6) is 0.325. The molecule has 6 rings (SSSR count). The molecule has 2 atom stereocenters. The first-order valence-electron chi connectivity index (χ1n) is 14.3. The Morgan fingerprint density at radius 1 is 0.744 bits per heavy atom. The highest BCUT2D eigenvalue weighted by atomic mass is 19.2. The van der Waals surface area contributed by atoms with Gasteiger partial charge in [0.2, 0.25) is 0 Å². The van der Waals surface area contributed by atoms with Crippen LogP contribution in [0, 0.1) is 35.2 Å². The third-order valence-corrected chi connectivity index (χ3v) is 9.04. The monoisotopic (exact) mass is 528 g/mol. The molecule has 3 aromatic carbocycles. The van der Waals surface area contributed by atoms with Gasteiger partial charge in [-0.2, -0.15) is 0 Å². The van der Waals surface area contributed by atoms with E-state index in [4.69, 9.17) is 4.74 Å². The highest BCUT2D eigenvalue weighted by molar-refractivity contribution is 5.74. The molecule has 0 aromatic heterocycles. The lowest BCUT2D eigenvalue weighted by Gasteiger charge is -2.34. The fourth-order valence-corrected chi connectivity index (χ4v) is 6.67. The summed E-state index contributed by atoms with van der Waals surface area (Å²) in [4.78, 5) is 0. The Hall–Kier alpha value is -3.11. The van der Waals surface area contributed by atoms with Crippen molar-refractivity contribution in [3.63, 3.8) is 0 Å². The largest absolute Gasteiger partial charge is 0.368 e. The predicted molar refractivity (Wildman–Crippen MR) is 151 cm³/mol. The number of hydrogen-bond acceptors (Lipinski definition) is 1. The van der Waals surface area contributed by atoms with Crippen LogP contribution in [0.25, 0.3) is 27.8 Å². The zero-order valence-corrected chi connectivity index (χ0v) is 22.4. The molecular formula is C35H35F3O. The Kier molecular flexibility index (Phi) is 7.49. The van der Waals surface area contributed by atoms with Crippen LogP contribution in [0.2, 0.25) is 0 Å². The normalized spacial score (nSPS) is 25.1. The van der Waals surface area contributed by atoms with Gasteiger partial charge in [-0.25, -0.2) is 13.2 Å². The van der Waals surface area contributed by atoms with Gasteiger partial charge in [0.15, 0.2) is 11.6 Å². The molecule has 2 aliphatic carbocycles. The highest BCUT2D eigenvalue weighted by Gasteiger charge is 2.30. The van der Waals surface area contributed by atoms with Crippen molar-refractivity contribution in [3.8, 4) is 22.3 Å². The van der Waals surface area contributed by atoms with Crippen LogP contribution in [-0.4, -0.2) is 6.61 Å². The Morgan fingerprint density at radius 2 is 1.41 bits per heavy atom. The van der Waals surface area contributed by atoms with Gasteiger partial charge in [-0.15, -0.1) is 0 Å². The lowest BCUT2D eigenvalue weighted by atomic mass is 9.71. The number of hydrogen-bond donors (Lipinski definition) is 0. The molecule has 1 nitrogen and oxygen atoms in total. The zero-order chi connectivity index (χ0) is 26.9. The minimum atomic E-state index is -0.879. The van der Waals surface area contributed by atoms with E-state index in [1.807, 2.05) is 12.1 Å². The van der Waals surface area contributed by atoms with E-state index >= 15 is 4.39 Å². The van der Waals surface area contributed by atoms with Crippen LogP contribution in [0.15, 0.2) is 72.8 Å². The molecule has 39 heavy (non-hydrogen) atoms. The summed E-state index contributed by atoms with van der Waals surface area (Å²) >= 11 is 0. The van der Waals surface area contributed by atoms with Crippen LogP contribution < -0.4 is 0 Å². The summed E-state index contributed by atoms with van der Waals surface area (Å²) < 4.78 is 49.6. The Morgan fingerprint density at radius 3 is 2.03 bits per heavy atom. The molecule has 202 valence electrons. The van der Waals surface area contributed by atoms with Gasteiger partial charge in [0.25, 0.3) is 0 Å². The predicted octanol–water partition coefficient (Wildman–Crippen LogP) is 10.1. The molecule has 0 amide bonds. The van der Waals surface area contributed by atoms with Crippen LogP contribution in [0.3, 0.4) is 0 Å². The molecule has 0 spiro atoms. The molecule has 2 unspecified atom stereocenters. The lowest BCUT2D eigenvalue weighted by Crippen LogP contribution is -2.22. The van der Waals surface area contributed by atoms with E-state index in [2.05, 4.69) is 25.2 Å². The summed E-state index contributed by atoms with van der Waals surface area (Å²) in [5.41, 5.74) is 4.40. The molecule has 0 bridgehead atoms. The molecule has 1 saturated heterocycles. The summed E-state index contributed by atoms with van der Waals surface area (Å²) in [6.07, 6.45) is 15.1. The molecule has 0 N–H and O–H groups in total. The van der Waals surface area contributed by atoms with E-state index in [9.17, 15) is 8.78 Å². The maximum absolute atomic E-state index is 15.3. The molecule has 4 heteroatoms. The first-order chi connectivity index (χ1) is 19.0. The maximum Gasteiger partial charge on any atom is 0.167 e. The van der Waals surface area contributed by atoms with Crippen LogP contribution in [0.5, 0.6) is 0 Å². The van der Waals surface area contributed by atoms with Gasteiger partial charge in [-0.05, 0) is 98.0 Å². The second-order valence-electron chi connectivity index (χ2n) is 11.4. The highest BCUT2D eigenvalue weighted by Crippen LogP contribution is 2.42. The Bertz CT molecular complexity index is 1390. The van der Waals surface area contributed by atoms with Gasteiger partial charge in [0.1, 0.15) is 11.9 Å². The van der Waals surface area contributed by atoms with Crippen LogP contribution in [0.1, 0.15) is 69.1 Å². The van der Waals surface area contributed by atoms with Gasteiger partial charge in [-0.3, -0.25) is 0 Å². The van der Waals surface area contributed by atoms with E-state index < -0.39 is 11.6 Å². The molecule has 1 heterocycles. The summed E-state index contributed by atoms with van der Waals surface area (Å²) in [7, 11) is 0. The number of benzene rings is 3. The van der Waals surface area contributed by atoms with Crippen LogP contribution >= 0.6 is 0 Å². The molecular weight excluding hydrogens is 493 g/mol. The molecule has 3 aromatic rings. The molecule has 3 aliphatic rings. The zero-order valence-electron chi connectivity index (χ0n) is 22.4. The second-order valence-corrected chi connectivity index (χ2v) is 11.4. The number of ether oxygens (including phenoxy) is 1. The third-order valence-electron chi connectivity index (χ3n) is 9.04. The van der Waals surface area contributed by atoms with Gasteiger partial charge >= 0.3 is 0 Å². The minimum Gasteiger partial charge on any atom is -0.368 e. The van der Waals surface area contributed by atoms with Crippen molar-refractivity contribution < 1.29 is 17.9 Å². The van der Waals surface area contributed by atoms with Crippen molar-refractivity contribution in [1.82, 2.24) is 0 Å². The second kappa shape index (κ2) is 11.2. The number of halogens is 3. The van der Waals surface area contributed by atoms with E-state index in [-0.39, 0.29) is 23.0 Å². The molecule has 0 radical (unpaired) electrons. The van der Waals surface area contributed by atoms with E-state index in [0.717, 1.165) is 36.2 Å². The maximum atomic E-state index is 15.3. The Labute approximate surface area is 229 Å². The quantitative estimate of drug-likeness (QED) is 0.229. The number of rotatable bonds is 6. The van der Waals surface area contributed by atoms with Gasteiger partial charge in [0, 0.05) is 16.7 Å². The summed E-state index contributed by atoms with van der Waals surface area (Å²) in [6.45, 7) is 2.53. The molecule has 1 saturated carbocycles. The van der Waals surface area contributed by atoms with Crippen LogP contribution in [-0.2, 0) is 4.74 Å². The van der Waals surface area contributed by atoms with E-state index in [1.54, 1.807) is 42.5 Å². The minimum absolute atomic E-state index is 0.188. The van der Waals surface area contributed by atoms with Crippen LogP contribution in [0.4, 0.5) is 13.2 Å². The van der Waals surface area contributed by atoms with Gasteiger partial charge < -0.3 is 4.74 Å². The average molecular weight is 529 g/mol. The van der Waals surface area contributed by atoms with Crippen molar-refractivity contribution in [2.24, 2.45) is 17.8 Å². The fourth-order valence-electron chi connectivity index (χ4n) is 6.67. The summed E-state index contributed by atoms with van der Waals surface area (Å²) in [6, 6.07) is 15.6. The van der Waals surface area contributed by atoms with Crippen molar-refractivity contribution in [2.45, 2.75) is 58.0 Å². The standard InChI is InChI=1S/C35H35F3O/c1-2-3-22-4-6-23(7-5-22)24-8-10-25(11-9-24)28-16-17-29(32(36)20-28)26-12-14-27(15-13-26)30-18-19-31(33-21-39-33)35(38)34(30)37/h2-3,10,12-20,22-24,33H,4-9,11,21H2,1H3/b3-2+. The molecule has 2 fully saturated rings. The van der Waals surface area contributed by atoms with E-state index in [0.29, 0.717) is 23.3 Å². The first-order valence-corrected chi connectivity index (χ1v) is 14.3. The van der Waals surface area contributed by atoms with Crippen molar-refractivity contribution in [2.75, 3.05) is 6.61 Å². The van der Waals surface area contributed by atoms with Crippen molar-refractivity contribution >= 4 is 5.57 Å². The van der Waals surface area contributed by atoms with E-state index in [1.165, 1.54) is 37.7 Å². The van der Waals surface area contributed by atoms with Gasteiger partial charge in [0.05, 0.1) is 6.61 Å². The SMILES string of the molecule is C/C=C/C1CCC(C2CC=C(c3ccc(-c4ccc(-c5ccc(C6CO6)c(F)c5F)cc4)c(F)c3)CC2)CC1. The number of epoxide rings is 1. The number of allylic oxidation sites excluding steroid dienone is 4. The fraction of sp³-hybridized carbons (Fsp3) is 0.371. The topological polar surface area (TPSA) is 12.5 Å². The third kappa shape index (κ3) is 5.49. The summed E-state index contributed by atoms with van der Waals surface area (Å²) in [5, 5.41) is 0. The smallest absolute Gasteiger partial charge is 0.167 e. The van der Waals surface area contributed by atoms with Crippen molar-refractivity contribution in [3.05, 3.63) is 101 Å². The lowest BCUT2D eigenvalue weighted by molar-refractivity contribution is 0.212. The molecule has 1 aliphatic heterocycles. The Balaban J connectivity index is 1.13. The van der Waals surface area contributed by atoms with Gasteiger partial charge in [-0.1, -0.05) is 66.8 Å². The average Bonchev–Trinajstić information content (AvgIpc) is 3.81. The van der Waals surface area contributed by atoms with Crippen molar-refractivity contribution in [1.29, 1.82) is 0 Å². The first kappa shape index (κ1) is 26.1.